The van der Waals surface area contributed by atoms with Crippen LogP contribution < -0.4 is 15.4 Å². The Bertz CT molecular complexity index is 1480. The van der Waals surface area contributed by atoms with E-state index in [0.29, 0.717) is 33.3 Å². The zero-order valence-electron chi connectivity index (χ0n) is 22.7. The Labute approximate surface area is 259 Å². The lowest BCUT2D eigenvalue weighted by molar-refractivity contribution is -0.120. The van der Waals surface area contributed by atoms with Crippen molar-refractivity contribution < 1.29 is 18.0 Å². The quantitative estimate of drug-likeness (QED) is 0.304. The number of nitrogens with two attached hydrogens (primary N) is 1. The molecular weight excluding hydrogens is 651 g/mol. The number of halogens is 3. The molecule has 1 aliphatic rings. The number of hydrogen-bond donors (Lipinski definition) is 2. The first-order chi connectivity index (χ1) is 19.2. The average Bonchev–Trinajstić information content (AvgIpc) is 2.86. The molecule has 2 amide bonds. The fourth-order valence-electron chi connectivity index (χ4n) is 5.05. The number of carbonyl (C=O) groups excluding carboxylic acids is 2. The highest BCUT2D eigenvalue weighted by atomic mass is 79.9. The molecule has 0 radical (unpaired) electrons. The van der Waals surface area contributed by atoms with E-state index >= 15 is 0 Å². The molecule has 1 fully saturated rings. The van der Waals surface area contributed by atoms with Crippen LogP contribution in [-0.4, -0.2) is 56.6 Å². The van der Waals surface area contributed by atoms with Crippen LogP contribution in [0.2, 0.25) is 10.0 Å². The lowest BCUT2D eigenvalue weighted by Crippen LogP contribution is -2.61. The zero-order valence-corrected chi connectivity index (χ0v) is 26.6. The molecule has 41 heavy (non-hydrogen) atoms. The van der Waals surface area contributed by atoms with Crippen LogP contribution in [-0.2, 0) is 14.8 Å². The Hall–Kier alpha value is -2.63. The third kappa shape index (κ3) is 7.42. The Balaban J connectivity index is 1.63. The zero-order chi connectivity index (χ0) is 30.1. The third-order valence-corrected chi connectivity index (χ3v) is 9.16. The van der Waals surface area contributed by atoms with Crippen LogP contribution in [0, 0.1) is 5.92 Å². The first-order valence-corrected chi connectivity index (χ1v) is 16.3. The fourth-order valence-corrected chi connectivity index (χ4v) is 6.94. The van der Waals surface area contributed by atoms with Gasteiger partial charge in [0.15, 0.2) is 0 Å². The molecular formula is C29H31BrCl2N4O4S. The maximum Gasteiger partial charge on any atom is 0.252 e. The average molecular weight is 682 g/mol. The molecule has 3 N–H and O–H groups in total. The van der Waals surface area contributed by atoms with E-state index in [9.17, 15) is 18.0 Å². The van der Waals surface area contributed by atoms with E-state index in [4.69, 9.17) is 28.9 Å². The van der Waals surface area contributed by atoms with Crippen LogP contribution in [0.15, 0.2) is 71.2 Å². The lowest BCUT2D eigenvalue weighted by Gasteiger charge is -2.48. The van der Waals surface area contributed by atoms with Gasteiger partial charge in [-0.15, -0.1) is 0 Å². The van der Waals surface area contributed by atoms with Crippen molar-refractivity contribution in [2.45, 2.75) is 32.0 Å². The molecule has 8 nitrogen and oxygen atoms in total. The molecule has 1 saturated heterocycles. The van der Waals surface area contributed by atoms with Gasteiger partial charge in [0.1, 0.15) is 6.04 Å². The maximum absolute atomic E-state index is 13.1. The summed E-state index contributed by atoms with van der Waals surface area (Å²) >= 11 is 15.7. The molecule has 1 aliphatic heterocycles. The van der Waals surface area contributed by atoms with Crippen molar-refractivity contribution >= 4 is 66.7 Å². The minimum atomic E-state index is -3.73. The number of likely N-dealkylation sites (tertiary alicyclic amines) is 1. The normalized spacial score (nSPS) is 15.0. The maximum atomic E-state index is 13.1. The first kappa shape index (κ1) is 31.3. The molecule has 1 heterocycles. The molecule has 0 aliphatic carbocycles. The van der Waals surface area contributed by atoms with Gasteiger partial charge in [0.05, 0.1) is 24.0 Å². The SMILES string of the molecule is CC(C)C(NC(=O)c1cc(Br)cc(N(C2CN(C(c3ccc(Cl)cc3)c3ccc(Cl)cc3)C2)S(C)(=O)=O)c1)C(N)=O. The Morgan fingerprint density at radius 3 is 1.93 bits per heavy atom. The van der Waals surface area contributed by atoms with Crippen LogP contribution in [0.25, 0.3) is 0 Å². The number of sulfonamides is 1. The van der Waals surface area contributed by atoms with Gasteiger partial charge in [0.2, 0.25) is 15.9 Å². The number of nitrogens with one attached hydrogen (secondary N) is 1. The minimum absolute atomic E-state index is 0.146. The summed E-state index contributed by atoms with van der Waals surface area (Å²) in [6.45, 7) is 4.43. The van der Waals surface area contributed by atoms with Gasteiger partial charge in [-0.1, -0.05) is 77.2 Å². The van der Waals surface area contributed by atoms with Gasteiger partial charge in [-0.2, -0.15) is 0 Å². The van der Waals surface area contributed by atoms with Gasteiger partial charge in [-0.25, -0.2) is 8.42 Å². The number of primary amides is 1. The number of rotatable bonds is 10. The molecule has 0 aromatic heterocycles. The molecule has 0 saturated carbocycles. The Morgan fingerprint density at radius 1 is 0.976 bits per heavy atom. The first-order valence-electron chi connectivity index (χ1n) is 12.9. The summed E-state index contributed by atoms with van der Waals surface area (Å²) in [5.41, 5.74) is 8.02. The molecule has 1 atom stereocenters. The van der Waals surface area contributed by atoms with Crippen LogP contribution in [0.4, 0.5) is 5.69 Å². The van der Waals surface area contributed by atoms with Crippen molar-refractivity contribution in [3.63, 3.8) is 0 Å². The van der Waals surface area contributed by atoms with Crippen molar-refractivity contribution in [1.82, 2.24) is 10.2 Å². The van der Waals surface area contributed by atoms with Gasteiger partial charge >= 0.3 is 0 Å². The molecule has 1 unspecified atom stereocenters. The summed E-state index contributed by atoms with van der Waals surface area (Å²) in [4.78, 5) is 27.1. The van der Waals surface area contributed by atoms with Crippen LogP contribution in [0.5, 0.6) is 0 Å². The number of benzene rings is 3. The Morgan fingerprint density at radius 2 is 1.49 bits per heavy atom. The van der Waals surface area contributed by atoms with Gasteiger partial charge in [-0.05, 0) is 59.5 Å². The number of nitrogens with zero attached hydrogens (tertiary/aromatic N) is 2. The monoisotopic (exact) mass is 680 g/mol. The number of carbonyl (C=O) groups is 2. The summed E-state index contributed by atoms with van der Waals surface area (Å²) in [7, 11) is -3.73. The highest BCUT2D eigenvalue weighted by Gasteiger charge is 2.41. The van der Waals surface area contributed by atoms with Gasteiger partial charge in [-0.3, -0.25) is 18.8 Å². The van der Waals surface area contributed by atoms with E-state index < -0.39 is 27.9 Å². The third-order valence-electron chi connectivity index (χ3n) is 6.98. The number of amides is 2. The van der Waals surface area contributed by atoms with Crippen LogP contribution in [0.1, 0.15) is 41.4 Å². The molecule has 3 aromatic carbocycles. The standard InChI is InChI=1S/C29H31BrCl2N4O4S/c1-17(2)26(28(33)37)34-29(38)20-12-21(30)14-24(13-20)36(41(3,39)40)25-15-35(16-25)27(18-4-8-22(31)9-5-18)19-6-10-23(32)11-7-19/h4-14,17,25-27H,15-16H2,1-3H3,(H2,33,37)(H,34,38). The van der Waals surface area contributed by atoms with Crippen LogP contribution in [0.3, 0.4) is 0 Å². The summed E-state index contributed by atoms with van der Waals surface area (Å²) in [6, 6.07) is 18.5. The van der Waals surface area contributed by atoms with E-state index in [2.05, 4.69) is 26.1 Å². The van der Waals surface area contributed by atoms with Crippen LogP contribution >= 0.6 is 39.1 Å². The minimum Gasteiger partial charge on any atom is -0.368 e. The fraction of sp³-hybridized carbons (Fsp3) is 0.310. The second-order valence-corrected chi connectivity index (χ2v) is 14.1. The van der Waals surface area contributed by atoms with Crippen molar-refractivity contribution in [3.8, 4) is 0 Å². The highest BCUT2D eigenvalue weighted by Crippen LogP contribution is 2.37. The van der Waals surface area contributed by atoms with Crippen molar-refractivity contribution in [2.75, 3.05) is 23.7 Å². The topological polar surface area (TPSA) is 113 Å². The Kier molecular flexibility index (Phi) is 9.70. The highest BCUT2D eigenvalue weighted by molar-refractivity contribution is 9.10. The van der Waals surface area contributed by atoms with E-state index in [0.717, 1.165) is 17.4 Å². The molecule has 218 valence electrons. The second kappa shape index (κ2) is 12.7. The molecule has 3 aromatic rings. The van der Waals surface area contributed by atoms with Crippen molar-refractivity contribution in [2.24, 2.45) is 11.7 Å². The van der Waals surface area contributed by atoms with E-state index in [-0.39, 0.29) is 23.6 Å². The van der Waals surface area contributed by atoms with E-state index in [1.165, 1.54) is 10.4 Å². The lowest BCUT2D eigenvalue weighted by atomic mass is 9.93. The molecule has 0 spiro atoms. The van der Waals surface area contributed by atoms with Crippen molar-refractivity contribution in [1.29, 1.82) is 0 Å². The summed E-state index contributed by atoms with van der Waals surface area (Å²) in [5, 5.41) is 3.91. The molecule has 12 heteroatoms. The van der Waals surface area contributed by atoms with Gasteiger partial charge in [0, 0.05) is 33.2 Å². The molecule has 0 bridgehead atoms. The predicted octanol–water partition coefficient (Wildman–Crippen LogP) is 5.24. The summed E-state index contributed by atoms with van der Waals surface area (Å²) in [5.74, 6) is -1.39. The van der Waals surface area contributed by atoms with E-state index in [1.807, 2.05) is 48.5 Å². The van der Waals surface area contributed by atoms with Gasteiger partial charge in [0.25, 0.3) is 5.91 Å². The van der Waals surface area contributed by atoms with Crippen molar-refractivity contribution in [3.05, 3.63) is 97.9 Å². The summed E-state index contributed by atoms with van der Waals surface area (Å²) in [6.07, 6.45) is 1.15. The second-order valence-electron chi connectivity index (χ2n) is 10.5. The predicted molar refractivity (Wildman–Crippen MR) is 167 cm³/mol. The number of hydrogen-bond acceptors (Lipinski definition) is 5. The largest absolute Gasteiger partial charge is 0.368 e. The molecule has 4 rings (SSSR count). The van der Waals surface area contributed by atoms with E-state index in [1.54, 1.807) is 26.0 Å². The number of anilines is 1. The smallest absolute Gasteiger partial charge is 0.252 e. The summed E-state index contributed by atoms with van der Waals surface area (Å²) < 4.78 is 28.1. The van der Waals surface area contributed by atoms with Gasteiger partial charge < -0.3 is 11.1 Å².